The Morgan fingerprint density at radius 1 is 1.17 bits per heavy atom. The third-order valence-corrected chi connectivity index (χ3v) is 9.80. The summed E-state index contributed by atoms with van der Waals surface area (Å²) in [5.74, 6) is 1.47. The van der Waals surface area contributed by atoms with Crippen molar-refractivity contribution in [1.82, 2.24) is 9.47 Å². The molecule has 0 amide bonds. The highest BCUT2D eigenvalue weighted by atomic mass is 16.5. The topological polar surface area (TPSA) is 74.9 Å². The average Bonchev–Trinajstić information content (AvgIpc) is 3.53. The maximum absolute atomic E-state index is 12.9. The zero-order valence-electron chi connectivity index (χ0n) is 19.7. The number of benzene rings is 2. The van der Waals surface area contributed by atoms with Crippen LogP contribution < -0.4 is 4.74 Å². The number of aryl methyl sites for hydroxylation is 1. The van der Waals surface area contributed by atoms with Crippen LogP contribution >= 0.6 is 0 Å². The largest absolute Gasteiger partial charge is 0.504 e. The number of carbonyl (C=O) groups is 1. The number of aliphatic hydroxyl groups is 1. The summed E-state index contributed by atoms with van der Waals surface area (Å²) in [7, 11) is 0. The average molecular weight is 471 g/mol. The molecule has 6 heteroatoms. The fourth-order valence-corrected chi connectivity index (χ4v) is 8.23. The lowest BCUT2D eigenvalue weighted by Gasteiger charge is -2.63. The second kappa shape index (κ2) is 6.68. The molecule has 35 heavy (non-hydrogen) atoms. The summed E-state index contributed by atoms with van der Waals surface area (Å²) in [6.07, 6.45) is 5.75. The standard InChI is InChI=1S/C29H30N2O4/c32-13-3-11-31-21-5-2-1-4-19(21)20-15-29(34)23-14-18-8-9-22(33)26-24(18)28(29,27(35-26)25(20)31)10-12-30(23)16-17-6-7-17/h1-2,4-5,8-9,13,17,23,27,33-34H,3,6-7,10-12,14-16H2/t23-,27-,28-,29+/m0/s1. The minimum atomic E-state index is -0.983. The molecule has 1 aromatic heterocycles. The molecule has 5 aliphatic rings. The van der Waals surface area contributed by atoms with Crippen LogP contribution in [0.2, 0.25) is 0 Å². The molecule has 8 rings (SSSR count). The van der Waals surface area contributed by atoms with E-state index in [0.29, 0.717) is 25.1 Å². The number of hydrogen-bond acceptors (Lipinski definition) is 5. The molecular weight excluding hydrogens is 440 g/mol. The van der Waals surface area contributed by atoms with Gasteiger partial charge in [0.1, 0.15) is 6.29 Å². The van der Waals surface area contributed by atoms with Crippen molar-refractivity contribution in [3.63, 3.8) is 0 Å². The van der Waals surface area contributed by atoms with E-state index in [1.165, 1.54) is 18.4 Å². The van der Waals surface area contributed by atoms with Gasteiger partial charge in [0.2, 0.25) is 0 Å². The van der Waals surface area contributed by atoms with Crippen molar-refractivity contribution in [2.45, 2.75) is 68.2 Å². The number of carbonyl (C=O) groups excluding carboxylic acids is 1. The minimum absolute atomic E-state index is 0.0242. The van der Waals surface area contributed by atoms with E-state index in [4.69, 9.17) is 4.74 Å². The van der Waals surface area contributed by atoms with E-state index in [9.17, 15) is 15.0 Å². The van der Waals surface area contributed by atoms with Gasteiger partial charge in [-0.15, -0.1) is 0 Å². The monoisotopic (exact) mass is 470 g/mol. The molecule has 1 saturated heterocycles. The first-order valence-corrected chi connectivity index (χ1v) is 13.1. The van der Waals surface area contributed by atoms with Crippen molar-refractivity contribution < 1.29 is 19.7 Å². The third-order valence-electron chi connectivity index (χ3n) is 9.80. The number of aromatic hydroxyl groups is 1. The summed E-state index contributed by atoms with van der Waals surface area (Å²) < 4.78 is 8.99. The molecule has 3 aliphatic carbocycles. The molecule has 4 atom stereocenters. The number of nitrogens with zero attached hydrogens (tertiary/aromatic N) is 2. The summed E-state index contributed by atoms with van der Waals surface area (Å²) >= 11 is 0. The first-order valence-electron chi connectivity index (χ1n) is 13.1. The Balaban J connectivity index is 1.42. The summed E-state index contributed by atoms with van der Waals surface area (Å²) in [5, 5.41) is 25.0. The van der Waals surface area contributed by atoms with Crippen molar-refractivity contribution in [3.05, 3.63) is 58.8 Å². The second-order valence-electron chi connectivity index (χ2n) is 11.4. The summed E-state index contributed by atoms with van der Waals surface area (Å²) in [5.41, 5.74) is 3.97. The second-order valence-corrected chi connectivity index (χ2v) is 11.4. The van der Waals surface area contributed by atoms with Gasteiger partial charge in [-0.3, -0.25) is 4.90 Å². The number of ether oxygens (including phenoxy) is 1. The predicted octanol–water partition coefficient (Wildman–Crippen LogP) is 3.64. The molecule has 2 fully saturated rings. The molecular formula is C29H30N2O4. The van der Waals surface area contributed by atoms with Gasteiger partial charge in [0.05, 0.1) is 16.7 Å². The van der Waals surface area contributed by atoms with Crippen LogP contribution in [0.5, 0.6) is 11.5 Å². The fourth-order valence-electron chi connectivity index (χ4n) is 8.23. The van der Waals surface area contributed by atoms with Crippen molar-refractivity contribution in [2.24, 2.45) is 5.92 Å². The van der Waals surface area contributed by atoms with Crippen LogP contribution in [0, 0.1) is 5.92 Å². The number of phenols is 1. The number of aromatic nitrogens is 1. The number of para-hydroxylation sites is 1. The lowest BCUT2D eigenvalue weighted by atomic mass is 9.49. The van der Waals surface area contributed by atoms with Crippen molar-refractivity contribution in [3.8, 4) is 11.5 Å². The van der Waals surface area contributed by atoms with Crippen LogP contribution in [0.4, 0.5) is 0 Å². The molecule has 2 bridgehead atoms. The van der Waals surface area contributed by atoms with Gasteiger partial charge in [-0.25, -0.2) is 0 Å². The van der Waals surface area contributed by atoms with Crippen LogP contribution in [0.1, 0.15) is 54.2 Å². The molecule has 1 spiro atoms. The lowest BCUT2D eigenvalue weighted by molar-refractivity contribution is -0.173. The van der Waals surface area contributed by atoms with Crippen molar-refractivity contribution in [2.75, 3.05) is 13.1 Å². The van der Waals surface area contributed by atoms with Gasteiger partial charge in [0, 0.05) is 48.4 Å². The summed E-state index contributed by atoms with van der Waals surface area (Å²) in [6.45, 7) is 2.57. The molecule has 180 valence electrons. The fraction of sp³-hybridized carbons (Fsp3) is 0.483. The van der Waals surface area contributed by atoms with E-state index in [1.807, 2.05) is 12.1 Å². The summed E-state index contributed by atoms with van der Waals surface area (Å²) in [6, 6.07) is 12.2. The zero-order chi connectivity index (χ0) is 23.5. The molecule has 2 aromatic carbocycles. The Labute approximate surface area is 204 Å². The van der Waals surface area contributed by atoms with Crippen molar-refractivity contribution in [1.29, 1.82) is 0 Å². The Kier molecular flexibility index (Phi) is 3.89. The molecule has 3 aromatic rings. The molecule has 2 N–H and O–H groups in total. The van der Waals surface area contributed by atoms with E-state index in [1.54, 1.807) is 6.07 Å². The molecule has 6 nitrogen and oxygen atoms in total. The number of phenolic OH excluding ortho intramolecular Hbond substituents is 1. The highest BCUT2D eigenvalue weighted by molar-refractivity contribution is 5.87. The van der Waals surface area contributed by atoms with Crippen LogP contribution in [0.3, 0.4) is 0 Å². The quantitative estimate of drug-likeness (QED) is 0.557. The Morgan fingerprint density at radius 2 is 2.03 bits per heavy atom. The highest BCUT2D eigenvalue weighted by Gasteiger charge is 2.73. The van der Waals surface area contributed by atoms with E-state index in [0.717, 1.165) is 65.9 Å². The van der Waals surface area contributed by atoms with Gasteiger partial charge in [0.15, 0.2) is 17.6 Å². The summed E-state index contributed by atoms with van der Waals surface area (Å²) in [4.78, 5) is 13.9. The maximum Gasteiger partial charge on any atom is 0.166 e. The number of piperidine rings is 1. The van der Waals surface area contributed by atoms with Crippen LogP contribution in [-0.2, 0) is 29.6 Å². The van der Waals surface area contributed by atoms with Crippen molar-refractivity contribution >= 4 is 17.2 Å². The van der Waals surface area contributed by atoms with Gasteiger partial charge >= 0.3 is 0 Å². The van der Waals surface area contributed by atoms with E-state index < -0.39 is 11.0 Å². The van der Waals surface area contributed by atoms with Crippen LogP contribution in [0.25, 0.3) is 10.9 Å². The third kappa shape index (κ3) is 2.35. The Bertz CT molecular complexity index is 1410. The first kappa shape index (κ1) is 20.4. The smallest absolute Gasteiger partial charge is 0.166 e. The zero-order valence-corrected chi connectivity index (χ0v) is 19.7. The minimum Gasteiger partial charge on any atom is -0.504 e. The SMILES string of the molecule is O=CCCn1c2c(c3ccccc31)C[C@@]1(O)[C@@H]3Cc4ccc(O)c5c4[C@@]1(CCN3CC1CC1)[C@H]2O5. The van der Waals surface area contributed by atoms with Crippen LogP contribution in [0.15, 0.2) is 36.4 Å². The number of rotatable bonds is 5. The molecule has 0 radical (unpaired) electrons. The number of fused-ring (bicyclic) bond motifs is 4. The molecule has 2 aliphatic heterocycles. The number of aldehydes is 1. The highest BCUT2D eigenvalue weighted by Crippen LogP contribution is 2.69. The number of hydrogen-bond donors (Lipinski definition) is 2. The van der Waals surface area contributed by atoms with E-state index in [2.05, 4.69) is 27.7 Å². The molecule has 1 saturated carbocycles. The Morgan fingerprint density at radius 3 is 2.86 bits per heavy atom. The number of likely N-dealkylation sites (tertiary alicyclic amines) is 1. The normalized spacial score (nSPS) is 32.3. The van der Waals surface area contributed by atoms with Crippen LogP contribution in [-0.4, -0.2) is 50.7 Å². The lowest BCUT2D eigenvalue weighted by Crippen LogP contribution is -2.74. The van der Waals surface area contributed by atoms with E-state index in [-0.39, 0.29) is 17.9 Å². The molecule has 3 heterocycles. The predicted molar refractivity (Wildman–Crippen MR) is 131 cm³/mol. The first-order chi connectivity index (χ1) is 17.1. The molecule has 0 unspecified atom stereocenters. The van der Waals surface area contributed by atoms with Gasteiger partial charge in [-0.1, -0.05) is 24.3 Å². The van der Waals surface area contributed by atoms with E-state index >= 15 is 0 Å². The van der Waals surface area contributed by atoms with Gasteiger partial charge in [0.25, 0.3) is 0 Å². The maximum atomic E-state index is 12.9. The van der Waals surface area contributed by atoms with Gasteiger partial charge in [-0.2, -0.15) is 0 Å². The van der Waals surface area contributed by atoms with Gasteiger partial charge in [-0.05, 0) is 61.4 Å². The van der Waals surface area contributed by atoms with Gasteiger partial charge < -0.3 is 24.3 Å². The Hall–Kier alpha value is -2.83.